The van der Waals surface area contributed by atoms with E-state index in [-0.39, 0.29) is 0 Å². The number of hydrogen-bond acceptors (Lipinski definition) is 2. The Balaban J connectivity index is 2.50. The van der Waals surface area contributed by atoms with Crippen molar-refractivity contribution in [3.63, 3.8) is 0 Å². The molecule has 0 saturated heterocycles. The topological polar surface area (TPSA) is 12.0 Å². The minimum Gasteiger partial charge on any atom is -0.316 e. The molecule has 0 radical (unpaired) electrons. The second-order valence-corrected chi connectivity index (χ2v) is 4.86. The van der Waals surface area contributed by atoms with Gasteiger partial charge in [0.2, 0.25) is 0 Å². The molecule has 1 aromatic heterocycles. The Morgan fingerprint density at radius 1 is 1.77 bits per heavy atom. The molecule has 0 aliphatic heterocycles. The maximum absolute atomic E-state index is 3.75. The summed E-state index contributed by atoms with van der Waals surface area (Å²) in [7, 11) is 2.00. The van der Waals surface area contributed by atoms with Crippen LogP contribution in [0, 0.1) is 0 Å². The van der Waals surface area contributed by atoms with Crippen LogP contribution in [0.4, 0.5) is 0 Å². The molecule has 0 amide bonds. The van der Waals surface area contributed by atoms with Gasteiger partial charge in [0.1, 0.15) is 0 Å². The van der Waals surface area contributed by atoms with Crippen molar-refractivity contribution in [3.8, 4) is 0 Å². The molecule has 1 unspecified atom stereocenters. The molecule has 3 heteroatoms. The molecule has 0 fully saturated rings. The Morgan fingerprint density at radius 3 is 3.00 bits per heavy atom. The van der Waals surface area contributed by atoms with E-state index < -0.39 is 0 Å². The van der Waals surface area contributed by atoms with E-state index in [0.29, 0.717) is 6.04 Å². The minimum atomic E-state index is 0.517. The van der Waals surface area contributed by atoms with Gasteiger partial charge in [-0.25, -0.2) is 0 Å². The van der Waals surface area contributed by atoms with Crippen molar-refractivity contribution in [1.82, 2.24) is 5.32 Å². The molecular formula is C10H14BrNS. The van der Waals surface area contributed by atoms with Crippen molar-refractivity contribution in [2.45, 2.75) is 18.9 Å². The average molecular weight is 260 g/mol. The van der Waals surface area contributed by atoms with Crippen LogP contribution in [-0.4, -0.2) is 13.1 Å². The van der Waals surface area contributed by atoms with Gasteiger partial charge in [-0.05, 0) is 41.9 Å². The Bertz CT molecular complexity index is 270. The highest BCUT2D eigenvalue weighted by Crippen LogP contribution is 2.21. The van der Waals surface area contributed by atoms with E-state index in [0.717, 1.165) is 12.8 Å². The Hall–Kier alpha value is -0.120. The fourth-order valence-corrected chi connectivity index (χ4v) is 2.74. The van der Waals surface area contributed by atoms with E-state index in [1.54, 1.807) is 11.3 Å². The second-order valence-electron chi connectivity index (χ2n) is 2.95. The zero-order valence-corrected chi connectivity index (χ0v) is 10.1. The van der Waals surface area contributed by atoms with Gasteiger partial charge in [-0.2, -0.15) is 0 Å². The highest BCUT2D eigenvalue weighted by atomic mass is 79.9. The number of rotatable bonds is 5. The molecule has 1 rings (SSSR count). The van der Waals surface area contributed by atoms with Crippen LogP contribution in [0.25, 0.3) is 0 Å². The first-order valence-corrected chi connectivity index (χ1v) is 5.94. The fourth-order valence-electron chi connectivity index (χ4n) is 1.21. The monoisotopic (exact) mass is 259 g/mol. The van der Waals surface area contributed by atoms with Crippen molar-refractivity contribution in [2.24, 2.45) is 0 Å². The zero-order valence-electron chi connectivity index (χ0n) is 7.72. The van der Waals surface area contributed by atoms with Crippen LogP contribution in [-0.2, 0) is 6.42 Å². The third kappa shape index (κ3) is 3.63. The summed E-state index contributed by atoms with van der Waals surface area (Å²) in [6.07, 6.45) is 4.06. The second kappa shape index (κ2) is 5.58. The van der Waals surface area contributed by atoms with Crippen LogP contribution in [0.3, 0.4) is 0 Å². The molecule has 72 valence electrons. The van der Waals surface area contributed by atoms with Crippen LogP contribution in [0.15, 0.2) is 28.6 Å². The van der Waals surface area contributed by atoms with E-state index in [2.05, 4.69) is 39.3 Å². The molecule has 0 aliphatic carbocycles. The summed E-state index contributed by atoms with van der Waals surface area (Å²) >= 11 is 5.25. The van der Waals surface area contributed by atoms with Crippen LogP contribution >= 0.6 is 27.3 Å². The molecule has 0 saturated carbocycles. The van der Waals surface area contributed by atoms with Gasteiger partial charge in [0.05, 0.1) is 0 Å². The Kier molecular flexibility index (Phi) is 4.70. The quantitative estimate of drug-likeness (QED) is 0.801. The molecule has 0 aliphatic rings. The molecule has 0 spiro atoms. The lowest BCUT2D eigenvalue weighted by Crippen LogP contribution is -2.26. The van der Waals surface area contributed by atoms with Gasteiger partial charge < -0.3 is 5.32 Å². The van der Waals surface area contributed by atoms with Crippen molar-refractivity contribution in [2.75, 3.05) is 7.05 Å². The fraction of sp³-hybridized carbons (Fsp3) is 0.400. The summed E-state index contributed by atoms with van der Waals surface area (Å²) in [6.45, 7) is 3.75. The normalized spacial score (nSPS) is 12.8. The summed E-state index contributed by atoms with van der Waals surface area (Å²) < 4.78 is 1.18. The van der Waals surface area contributed by atoms with E-state index in [4.69, 9.17) is 0 Å². The Labute approximate surface area is 92.0 Å². The smallest absolute Gasteiger partial charge is 0.0285 e. The van der Waals surface area contributed by atoms with E-state index >= 15 is 0 Å². The summed E-state index contributed by atoms with van der Waals surface area (Å²) in [5, 5.41) is 5.40. The highest BCUT2D eigenvalue weighted by molar-refractivity contribution is 9.10. The predicted molar refractivity (Wildman–Crippen MR) is 63.4 cm³/mol. The van der Waals surface area contributed by atoms with Crippen LogP contribution in [0.2, 0.25) is 0 Å². The molecule has 13 heavy (non-hydrogen) atoms. The molecule has 0 aromatic carbocycles. The summed E-state index contributed by atoms with van der Waals surface area (Å²) in [6, 6.07) is 2.70. The highest BCUT2D eigenvalue weighted by Gasteiger charge is 2.06. The van der Waals surface area contributed by atoms with Crippen molar-refractivity contribution >= 4 is 27.3 Å². The molecule has 1 N–H and O–H groups in total. The largest absolute Gasteiger partial charge is 0.316 e. The third-order valence-electron chi connectivity index (χ3n) is 1.93. The maximum atomic E-state index is 3.75. The first-order valence-electron chi connectivity index (χ1n) is 4.27. The number of likely N-dealkylation sites (N-methyl/N-ethyl adjacent to an activating group) is 1. The first kappa shape index (κ1) is 11.0. The molecule has 1 aromatic rings. The van der Waals surface area contributed by atoms with Gasteiger partial charge in [0.25, 0.3) is 0 Å². The van der Waals surface area contributed by atoms with Gasteiger partial charge in [0.15, 0.2) is 0 Å². The zero-order chi connectivity index (χ0) is 9.68. The summed E-state index contributed by atoms with van der Waals surface area (Å²) in [5.41, 5.74) is 0. The lowest BCUT2D eigenvalue weighted by atomic mass is 10.1. The predicted octanol–water partition coefficient (Wildman–Crippen LogP) is 3.22. The molecule has 0 bridgehead atoms. The molecule has 1 heterocycles. The van der Waals surface area contributed by atoms with Gasteiger partial charge in [-0.15, -0.1) is 17.9 Å². The average Bonchev–Trinajstić information content (AvgIpc) is 2.50. The van der Waals surface area contributed by atoms with E-state index in [1.165, 1.54) is 9.35 Å². The molecule has 1 nitrogen and oxygen atoms in total. The summed E-state index contributed by atoms with van der Waals surface area (Å²) in [4.78, 5) is 1.41. The van der Waals surface area contributed by atoms with E-state index in [9.17, 15) is 0 Å². The van der Waals surface area contributed by atoms with E-state index in [1.807, 2.05) is 13.1 Å². The van der Waals surface area contributed by atoms with Gasteiger partial charge in [0, 0.05) is 20.8 Å². The van der Waals surface area contributed by atoms with Gasteiger partial charge in [-0.1, -0.05) is 6.08 Å². The van der Waals surface area contributed by atoms with Crippen LogP contribution < -0.4 is 5.32 Å². The van der Waals surface area contributed by atoms with Crippen LogP contribution in [0.5, 0.6) is 0 Å². The number of thiophene rings is 1. The maximum Gasteiger partial charge on any atom is 0.0285 e. The number of hydrogen-bond donors (Lipinski definition) is 1. The summed E-state index contributed by atoms with van der Waals surface area (Å²) in [5.74, 6) is 0. The molecular weight excluding hydrogens is 246 g/mol. The van der Waals surface area contributed by atoms with Crippen LogP contribution in [0.1, 0.15) is 11.3 Å². The lowest BCUT2D eigenvalue weighted by Gasteiger charge is -2.11. The first-order chi connectivity index (χ1) is 6.26. The van der Waals surface area contributed by atoms with Gasteiger partial charge in [-0.3, -0.25) is 0 Å². The lowest BCUT2D eigenvalue weighted by molar-refractivity contribution is 0.570. The number of nitrogens with one attached hydrogen (secondary N) is 1. The van der Waals surface area contributed by atoms with Crippen molar-refractivity contribution in [1.29, 1.82) is 0 Å². The van der Waals surface area contributed by atoms with Crippen molar-refractivity contribution in [3.05, 3.63) is 33.5 Å². The van der Waals surface area contributed by atoms with Gasteiger partial charge >= 0.3 is 0 Å². The van der Waals surface area contributed by atoms with Crippen molar-refractivity contribution < 1.29 is 0 Å². The standard InChI is InChI=1S/C10H14BrNS/c1-3-4-9(12-2)6-10-5-8(11)7-13-10/h3,5,7,9,12H,1,4,6H2,2H3. The minimum absolute atomic E-state index is 0.517. The number of halogens is 1. The molecule has 1 atom stereocenters. The Morgan fingerprint density at radius 2 is 2.54 bits per heavy atom. The SMILES string of the molecule is C=CCC(Cc1cc(Br)cs1)NC. The third-order valence-corrected chi connectivity index (χ3v) is 3.65.